The molecule has 2 atom stereocenters. The Morgan fingerprint density at radius 2 is 2.04 bits per heavy atom. The van der Waals surface area contributed by atoms with Crippen molar-refractivity contribution in [2.45, 2.75) is 32.9 Å². The third-order valence-corrected chi connectivity index (χ3v) is 3.98. The highest BCUT2D eigenvalue weighted by atomic mass is 16.3. The molecular formula is C18H24N2O3. The van der Waals surface area contributed by atoms with Crippen LogP contribution < -0.4 is 10.6 Å². The Bertz CT molecular complexity index is 610. The van der Waals surface area contributed by atoms with E-state index in [9.17, 15) is 9.90 Å². The fourth-order valence-electron chi connectivity index (χ4n) is 2.20. The molecule has 2 rings (SSSR count). The number of benzene rings is 1. The molecule has 3 N–H and O–H groups in total. The van der Waals surface area contributed by atoms with Crippen molar-refractivity contribution in [2.75, 3.05) is 11.9 Å². The lowest BCUT2D eigenvalue weighted by molar-refractivity contribution is 0.0851. The molecule has 5 nitrogen and oxygen atoms in total. The van der Waals surface area contributed by atoms with Crippen molar-refractivity contribution in [3.05, 3.63) is 54.0 Å². The maximum absolute atomic E-state index is 12.4. The molecule has 2 aromatic rings. The summed E-state index contributed by atoms with van der Waals surface area (Å²) in [5, 5.41) is 16.0. The van der Waals surface area contributed by atoms with E-state index in [1.807, 2.05) is 44.2 Å². The summed E-state index contributed by atoms with van der Waals surface area (Å²) in [5.41, 5.74) is 1.29. The molecule has 23 heavy (non-hydrogen) atoms. The van der Waals surface area contributed by atoms with Crippen LogP contribution in [0.5, 0.6) is 0 Å². The fraction of sp³-hybridized carbons (Fsp3) is 0.389. The van der Waals surface area contributed by atoms with Gasteiger partial charge in [-0.3, -0.25) is 4.79 Å². The second-order valence-electron chi connectivity index (χ2n) is 5.64. The monoisotopic (exact) mass is 316 g/mol. The Labute approximate surface area is 136 Å². The molecular weight excluding hydrogens is 292 g/mol. The van der Waals surface area contributed by atoms with Gasteiger partial charge >= 0.3 is 0 Å². The lowest BCUT2D eigenvalue weighted by Gasteiger charge is -2.18. The summed E-state index contributed by atoms with van der Waals surface area (Å²) >= 11 is 0. The highest BCUT2D eigenvalue weighted by molar-refractivity contribution is 5.99. The Kier molecular flexibility index (Phi) is 6.23. The van der Waals surface area contributed by atoms with Crippen molar-refractivity contribution in [3.63, 3.8) is 0 Å². The summed E-state index contributed by atoms with van der Waals surface area (Å²) in [5.74, 6) is 0.755. The molecule has 0 aliphatic rings. The maximum atomic E-state index is 12.4. The second kappa shape index (κ2) is 8.39. The van der Waals surface area contributed by atoms with Gasteiger partial charge in [0.05, 0.1) is 24.5 Å². The first-order chi connectivity index (χ1) is 11.1. The molecule has 0 saturated carbocycles. The van der Waals surface area contributed by atoms with Crippen LogP contribution in [-0.2, 0) is 6.54 Å². The lowest BCUT2D eigenvalue weighted by Crippen LogP contribution is -2.35. The number of para-hydroxylation sites is 1. The minimum absolute atomic E-state index is 0.155. The van der Waals surface area contributed by atoms with Crippen molar-refractivity contribution < 1.29 is 14.3 Å². The highest BCUT2D eigenvalue weighted by Gasteiger charge is 2.16. The summed E-state index contributed by atoms with van der Waals surface area (Å²) in [6.07, 6.45) is 1.96. The van der Waals surface area contributed by atoms with Crippen LogP contribution in [0.25, 0.3) is 0 Å². The van der Waals surface area contributed by atoms with E-state index in [0.29, 0.717) is 12.1 Å². The van der Waals surface area contributed by atoms with Crippen LogP contribution in [0, 0.1) is 5.92 Å². The quantitative estimate of drug-likeness (QED) is 0.700. The van der Waals surface area contributed by atoms with Crippen LogP contribution >= 0.6 is 0 Å². The number of amides is 1. The standard InChI is InChI=1S/C18H24N2O3/c1-3-13(2)17(21)12-20-18(22)15-8-4-5-9-16(15)19-11-14-7-6-10-23-14/h4-10,13,17,19,21H,3,11-12H2,1-2H3,(H,20,22). The molecule has 124 valence electrons. The van der Waals surface area contributed by atoms with Crippen molar-refractivity contribution in [1.82, 2.24) is 5.32 Å². The highest BCUT2D eigenvalue weighted by Crippen LogP contribution is 2.16. The molecule has 5 heteroatoms. The van der Waals surface area contributed by atoms with Gasteiger partial charge in [-0.2, -0.15) is 0 Å². The van der Waals surface area contributed by atoms with Gasteiger partial charge in [-0.15, -0.1) is 0 Å². The van der Waals surface area contributed by atoms with Crippen molar-refractivity contribution in [3.8, 4) is 0 Å². The number of aliphatic hydroxyl groups is 1. The fourth-order valence-corrected chi connectivity index (χ4v) is 2.20. The van der Waals surface area contributed by atoms with Crippen LogP contribution in [0.15, 0.2) is 47.1 Å². The number of anilines is 1. The normalized spacial score (nSPS) is 13.3. The van der Waals surface area contributed by atoms with E-state index in [1.165, 1.54) is 0 Å². The molecule has 1 heterocycles. The molecule has 0 aliphatic carbocycles. The third kappa shape index (κ3) is 4.86. The van der Waals surface area contributed by atoms with Crippen LogP contribution in [0.1, 0.15) is 36.4 Å². The summed E-state index contributed by atoms with van der Waals surface area (Å²) in [4.78, 5) is 12.4. The largest absolute Gasteiger partial charge is 0.467 e. The number of hydrogen-bond acceptors (Lipinski definition) is 4. The number of carbonyl (C=O) groups is 1. The van der Waals surface area contributed by atoms with Crippen LogP contribution in [0.2, 0.25) is 0 Å². The van der Waals surface area contributed by atoms with Crippen molar-refractivity contribution >= 4 is 11.6 Å². The van der Waals surface area contributed by atoms with Gasteiger partial charge in [-0.05, 0) is 30.2 Å². The Hall–Kier alpha value is -2.27. The molecule has 1 aromatic heterocycles. The van der Waals surface area contributed by atoms with Crippen molar-refractivity contribution in [2.24, 2.45) is 5.92 Å². The first kappa shape index (κ1) is 17.1. The van der Waals surface area contributed by atoms with Gasteiger partial charge in [0.1, 0.15) is 5.76 Å². The van der Waals surface area contributed by atoms with Gasteiger partial charge in [-0.25, -0.2) is 0 Å². The first-order valence-electron chi connectivity index (χ1n) is 7.93. The van der Waals surface area contributed by atoms with Gasteiger partial charge < -0.3 is 20.2 Å². The maximum Gasteiger partial charge on any atom is 0.253 e. The molecule has 0 fully saturated rings. The smallest absolute Gasteiger partial charge is 0.253 e. The molecule has 1 amide bonds. The average Bonchev–Trinajstić information content (AvgIpc) is 3.10. The molecule has 1 aromatic carbocycles. The molecule has 0 radical (unpaired) electrons. The van der Waals surface area contributed by atoms with E-state index in [0.717, 1.165) is 17.9 Å². The van der Waals surface area contributed by atoms with E-state index in [4.69, 9.17) is 4.42 Å². The number of furan rings is 1. The summed E-state index contributed by atoms with van der Waals surface area (Å²) < 4.78 is 5.28. The molecule has 0 spiro atoms. The number of hydrogen-bond donors (Lipinski definition) is 3. The van der Waals surface area contributed by atoms with Gasteiger partial charge in [0.2, 0.25) is 0 Å². The number of carbonyl (C=O) groups excluding carboxylic acids is 1. The Morgan fingerprint density at radius 3 is 2.74 bits per heavy atom. The van der Waals surface area contributed by atoms with Gasteiger partial charge in [0, 0.05) is 12.2 Å². The third-order valence-electron chi connectivity index (χ3n) is 3.98. The zero-order valence-corrected chi connectivity index (χ0v) is 13.6. The molecule has 0 saturated heterocycles. The average molecular weight is 316 g/mol. The zero-order valence-electron chi connectivity index (χ0n) is 13.6. The predicted molar refractivity (Wildman–Crippen MR) is 90.3 cm³/mol. The van der Waals surface area contributed by atoms with E-state index in [2.05, 4.69) is 10.6 Å². The van der Waals surface area contributed by atoms with Gasteiger partial charge in [0.25, 0.3) is 5.91 Å². The molecule has 0 aliphatic heterocycles. The van der Waals surface area contributed by atoms with Crippen LogP contribution in [-0.4, -0.2) is 23.7 Å². The first-order valence-corrected chi connectivity index (χ1v) is 7.93. The zero-order chi connectivity index (χ0) is 16.7. The van der Waals surface area contributed by atoms with E-state index in [-0.39, 0.29) is 18.4 Å². The minimum atomic E-state index is -0.535. The van der Waals surface area contributed by atoms with Crippen LogP contribution in [0.4, 0.5) is 5.69 Å². The summed E-state index contributed by atoms with van der Waals surface area (Å²) in [6, 6.07) is 11.0. The summed E-state index contributed by atoms with van der Waals surface area (Å²) in [6.45, 7) is 4.74. The SMILES string of the molecule is CCC(C)C(O)CNC(=O)c1ccccc1NCc1ccco1. The van der Waals surface area contributed by atoms with E-state index in [1.54, 1.807) is 12.3 Å². The van der Waals surface area contributed by atoms with E-state index >= 15 is 0 Å². The van der Waals surface area contributed by atoms with E-state index < -0.39 is 6.10 Å². The summed E-state index contributed by atoms with van der Waals surface area (Å²) in [7, 11) is 0. The van der Waals surface area contributed by atoms with Gasteiger partial charge in [-0.1, -0.05) is 32.4 Å². The molecule has 2 unspecified atom stereocenters. The lowest BCUT2D eigenvalue weighted by atomic mass is 10.0. The minimum Gasteiger partial charge on any atom is -0.467 e. The number of nitrogens with one attached hydrogen (secondary N) is 2. The number of aliphatic hydroxyl groups excluding tert-OH is 1. The topological polar surface area (TPSA) is 74.5 Å². The van der Waals surface area contributed by atoms with Crippen molar-refractivity contribution in [1.29, 1.82) is 0 Å². The van der Waals surface area contributed by atoms with Gasteiger partial charge in [0.15, 0.2) is 0 Å². The predicted octanol–water partition coefficient (Wildman–Crippen LogP) is 3.03. The second-order valence-corrected chi connectivity index (χ2v) is 5.64. The Balaban J connectivity index is 1.97. The van der Waals surface area contributed by atoms with Crippen LogP contribution in [0.3, 0.4) is 0 Å². The number of rotatable bonds is 8. The Morgan fingerprint density at radius 1 is 1.26 bits per heavy atom. The molecule has 0 bridgehead atoms.